The third-order valence-electron chi connectivity index (χ3n) is 2.15. The molecule has 0 aromatic heterocycles. The first-order chi connectivity index (χ1) is 6.22. The number of hydrogen-bond acceptors (Lipinski definition) is 1. The lowest BCUT2D eigenvalue weighted by Crippen LogP contribution is -2.13. The minimum Gasteiger partial charge on any atom is -0.481 e. The van der Waals surface area contributed by atoms with Gasteiger partial charge in [0.15, 0.2) is 0 Å². The van der Waals surface area contributed by atoms with Gasteiger partial charge in [-0.05, 0) is 32.6 Å². The van der Waals surface area contributed by atoms with E-state index in [0.29, 0.717) is 0 Å². The Morgan fingerprint density at radius 1 is 1.46 bits per heavy atom. The van der Waals surface area contributed by atoms with Crippen molar-refractivity contribution in [3.05, 3.63) is 12.2 Å². The molecular formula is C11H20O2. The van der Waals surface area contributed by atoms with Crippen LogP contribution < -0.4 is 0 Å². The number of unbranched alkanes of at least 4 members (excludes halogenated alkanes) is 1. The van der Waals surface area contributed by atoms with E-state index in [1.165, 1.54) is 0 Å². The topological polar surface area (TPSA) is 37.3 Å². The lowest BCUT2D eigenvalue weighted by Gasteiger charge is -2.09. The Morgan fingerprint density at radius 2 is 2.15 bits per heavy atom. The van der Waals surface area contributed by atoms with Gasteiger partial charge in [-0.15, -0.1) is 0 Å². The molecule has 76 valence electrons. The third kappa shape index (κ3) is 6.38. The van der Waals surface area contributed by atoms with Gasteiger partial charge in [-0.2, -0.15) is 0 Å². The quantitative estimate of drug-likeness (QED) is 0.487. The normalized spacial score (nSPS) is 13.4. The monoisotopic (exact) mass is 184 g/mol. The van der Waals surface area contributed by atoms with Crippen molar-refractivity contribution < 1.29 is 9.90 Å². The van der Waals surface area contributed by atoms with E-state index in [0.717, 1.165) is 32.1 Å². The summed E-state index contributed by atoms with van der Waals surface area (Å²) in [4.78, 5) is 10.7. The number of allylic oxidation sites excluding steroid dienone is 2. The van der Waals surface area contributed by atoms with Crippen molar-refractivity contribution >= 4 is 5.97 Å². The van der Waals surface area contributed by atoms with Crippen LogP contribution in [0.15, 0.2) is 12.2 Å². The van der Waals surface area contributed by atoms with E-state index in [9.17, 15) is 4.79 Å². The second-order valence-corrected chi connectivity index (χ2v) is 3.32. The van der Waals surface area contributed by atoms with Gasteiger partial charge in [0.2, 0.25) is 0 Å². The predicted octanol–water partition coefficient (Wildman–Crippen LogP) is 3.23. The second-order valence-electron chi connectivity index (χ2n) is 3.32. The molecule has 0 heterocycles. The highest BCUT2D eigenvalue weighted by molar-refractivity contribution is 5.69. The zero-order chi connectivity index (χ0) is 10.1. The maximum absolute atomic E-state index is 10.7. The van der Waals surface area contributed by atoms with Crippen LogP contribution in [0.5, 0.6) is 0 Å². The second kappa shape index (κ2) is 7.84. The molecule has 0 aromatic rings. The smallest absolute Gasteiger partial charge is 0.306 e. The number of carboxylic acid groups (broad SMARTS) is 1. The van der Waals surface area contributed by atoms with Crippen LogP contribution in [0.25, 0.3) is 0 Å². The van der Waals surface area contributed by atoms with Crippen molar-refractivity contribution in [2.45, 2.75) is 46.0 Å². The summed E-state index contributed by atoms with van der Waals surface area (Å²) in [6.07, 6.45) is 8.67. The summed E-state index contributed by atoms with van der Waals surface area (Å²) in [6.45, 7) is 4.02. The van der Waals surface area contributed by atoms with Crippen molar-refractivity contribution in [3.8, 4) is 0 Å². The molecule has 0 aliphatic rings. The first kappa shape index (κ1) is 12.2. The molecule has 2 nitrogen and oxygen atoms in total. The predicted molar refractivity (Wildman–Crippen MR) is 54.7 cm³/mol. The highest BCUT2D eigenvalue weighted by Gasteiger charge is 2.14. The summed E-state index contributed by atoms with van der Waals surface area (Å²) >= 11 is 0. The molecule has 0 rings (SSSR count). The molecule has 0 aliphatic heterocycles. The highest BCUT2D eigenvalue weighted by atomic mass is 16.4. The first-order valence-corrected chi connectivity index (χ1v) is 5.06. The fourth-order valence-corrected chi connectivity index (χ4v) is 1.39. The van der Waals surface area contributed by atoms with Gasteiger partial charge >= 0.3 is 5.97 Å². The molecule has 2 heteroatoms. The van der Waals surface area contributed by atoms with E-state index in [1.54, 1.807) is 0 Å². The molecule has 0 bridgehead atoms. The minimum absolute atomic E-state index is 0.129. The average Bonchev–Trinajstić information content (AvgIpc) is 2.10. The van der Waals surface area contributed by atoms with E-state index < -0.39 is 5.97 Å². The standard InChI is InChI=1S/C11H20O2/c1-3-5-6-7-9-10(8-4-2)11(12)13/h3,5,10H,4,6-9H2,1-2H3,(H,12,13). The number of hydrogen-bond donors (Lipinski definition) is 1. The zero-order valence-electron chi connectivity index (χ0n) is 8.62. The largest absolute Gasteiger partial charge is 0.481 e. The zero-order valence-corrected chi connectivity index (χ0v) is 8.62. The van der Waals surface area contributed by atoms with Crippen LogP contribution >= 0.6 is 0 Å². The maximum atomic E-state index is 10.7. The average molecular weight is 184 g/mol. The summed E-state index contributed by atoms with van der Waals surface area (Å²) in [5.74, 6) is -0.766. The van der Waals surface area contributed by atoms with E-state index in [-0.39, 0.29) is 5.92 Å². The Bertz CT molecular complexity index is 161. The molecule has 1 N–H and O–H groups in total. The van der Waals surface area contributed by atoms with E-state index in [4.69, 9.17) is 5.11 Å². The summed E-state index contributed by atoms with van der Waals surface area (Å²) in [6, 6.07) is 0. The fraction of sp³-hybridized carbons (Fsp3) is 0.727. The van der Waals surface area contributed by atoms with Crippen molar-refractivity contribution in [3.63, 3.8) is 0 Å². The van der Waals surface area contributed by atoms with E-state index in [2.05, 4.69) is 6.08 Å². The number of aliphatic carboxylic acids is 1. The Morgan fingerprint density at radius 3 is 2.62 bits per heavy atom. The maximum Gasteiger partial charge on any atom is 0.306 e. The van der Waals surface area contributed by atoms with Crippen molar-refractivity contribution in [1.29, 1.82) is 0 Å². The lowest BCUT2D eigenvalue weighted by atomic mass is 9.97. The number of rotatable bonds is 7. The Kier molecular flexibility index (Phi) is 7.36. The lowest BCUT2D eigenvalue weighted by molar-refractivity contribution is -0.142. The van der Waals surface area contributed by atoms with Gasteiger partial charge in [0, 0.05) is 0 Å². The minimum atomic E-state index is -0.637. The van der Waals surface area contributed by atoms with Gasteiger partial charge in [0.1, 0.15) is 0 Å². The molecule has 0 saturated carbocycles. The summed E-state index contributed by atoms with van der Waals surface area (Å²) in [7, 11) is 0. The van der Waals surface area contributed by atoms with Crippen LogP contribution in [-0.4, -0.2) is 11.1 Å². The highest BCUT2D eigenvalue weighted by Crippen LogP contribution is 2.15. The molecule has 1 unspecified atom stereocenters. The van der Waals surface area contributed by atoms with Gasteiger partial charge in [-0.3, -0.25) is 4.79 Å². The van der Waals surface area contributed by atoms with Gasteiger partial charge < -0.3 is 5.11 Å². The van der Waals surface area contributed by atoms with Crippen LogP contribution in [0.3, 0.4) is 0 Å². The fourth-order valence-electron chi connectivity index (χ4n) is 1.39. The SMILES string of the molecule is CC=CCCCC(CCC)C(=O)O. The van der Waals surface area contributed by atoms with Crippen LogP contribution in [0.2, 0.25) is 0 Å². The molecular weight excluding hydrogens is 164 g/mol. The van der Waals surface area contributed by atoms with E-state index >= 15 is 0 Å². The Balaban J connectivity index is 3.63. The molecule has 0 radical (unpaired) electrons. The summed E-state index contributed by atoms with van der Waals surface area (Å²) in [5, 5.41) is 8.84. The Hall–Kier alpha value is -0.790. The molecule has 1 atom stereocenters. The molecule has 0 aliphatic carbocycles. The number of carbonyl (C=O) groups is 1. The summed E-state index contributed by atoms with van der Waals surface area (Å²) < 4.78 is 0. The van der Waals surface area contributed by atoms with Gasteiger partial charge in [-0.25, -0.2) is 0 Å². The number of carboxylic acids is 1. The van der Waals surface area contributed by atoms with Crippen molar-refractivity contribution in [2.75, 3.05) is 0 Å². The summed E-state index contributed by atoms with van der Waals surface area (Å²) in [5.41, 5.74) is 0. The molecule has 0 spiro atoms. The van der Waals surface area contributed by atoms with Gasteiger partial charge in [-0.1, -0.05) is 25.5 Å². The van der Waals surface area contributed by atoms with Crippen LogP contribution in [0, 0.1) is 5.92 Å². The molecule has 0 saturated heterocycles. The van der Waals surface area contributed by atoms with E-state index in [1.807, 2.05) is 19.9 Å². The van der Waals surface area contributed by atoms with Crippen LogP contribution in [0.1, 0.15) is 46.0 Å². The first-order valence-electron chi connectivity index (χ1n) is 5.06. The van der Waals surface area contributed by atoms with Gasteiger partial charge in [0.25, 0.3) is 0 Å². The van der Waals surface area contributed by atoms with Crippen molar-refractivity contribution in [2.24, 2.45) is 5.92 Å². The Labute approximate surface area is 80.7 Å². The molecule has 0 aromatic carbocycles. The third-order valence-corrected chi connectivity index (χ3v) is 2.15. The van der Waals surface area contributed by atoms with Crippen LogP contribution in [0.4, 0.5) is 0 Å². The van der Waals surface area contributed by atoms with Crippen LogP contribution in [-0.2, 0) is 4.79 Å². The van der Waals surface area contributed by atoms with Crippen molar-refractivity contribution in [1.82, 2.24) is 0 Å². The molecule has 0 fully saturated rings. The van der Waals surface area contributed by atoms with Gasteiger partial charge in [0.05, 0.1) is 5.92 Å². The molecule has 13 heavy (non-hydrogen) atoms. The molecule has 0 amide bonds.